The lowest BCUT2D eigenvalue weighted by Gasteiger charge is -2.10. The minimum absolute atomic E-state index is 0.128. The Hall–Kier alpha value is -1.51. The first-order valence-corrected chi connectivity index (χ1v) is 4.09. The Balaban J connectivity index is 3.17. The van der Waals surface area contributed by atoms with Crippen LogP contribution in [0.25, 0.3) is 0 Å². The average molecular weight is 179 g/mol. The minimum atomic E-state index is -0.128. The second kappa shape index (κ2) is 3.47. The van der Waals surface area contributed by atoms with E-state index in [1.807, 2.05) is 6.92 Å². The number of benzene rings is 1. The summed E-state index contributed by atoms with van der Waals surface area (Å²) in [6, 6.07) is 3.39. The smallest absolute Gasteiger partial charge is 0.221 e. The highest BCUT2D eigenvalue weighted by molar-refractivity contribution is 5.90. The molecule has 0 aliphatic heterocycles. The van der Waals surface area contributed by atoms with Crippen molar-refractivity contribution in [1.82, 2.24) is 0 Å². The van der Waals surface area contributed by atoms with Gasteiger partial charge in [-0.25, -0.2) is 0 Å². The highest BCUT2D eigenvalue weighted by Crippen LogP contribution is 2.27. The lowest BCUT2D eigenvalue weighted by atomic mass is 10.1. The van der Waals surface area contributed by atoms with Gasteiger partial charge < -0.3 is 10.4 Å². The van der Waals surface area contributed by atoms with Crippen molar-refractivity contribution in [2.45, 2.75) is 20.8 Å². The number of hydrogen-bond acceptors (Lipinski definition) is 2. The number of hydrogen-bond donors (Lipinski definition) is 2. The van der Waals surface area contributed by atoms with Crippen molar-refractivity contribution < 1.29 is 9.90 Å². The molecular formula is C10H13NO2. The van der Waals surface area contributed by atoms with E-state index in [1.165, 1.54) is 6.92 Å². The predicted octanol–water partition coefficient (Wildman–Crippen LogP) is 1.97. The van der Waals surface area contributed by atoms with Crippen LogP contribution in [0.3, 0.4) is 0 Å². The van der Waals surface area contributed by atoms with Crippen molar-refractivity contribution in [3.05, 3.63) is 23.3 Å². The molecule has 70 valence electrons. The summed E-state index contributed by atoms with van der Waals surface area (Å²) < 4.78 is 0. The number of rotatable bonds is 1. The molecular weight excluding hydrogens is 166 g/mol. The molecule has 3 nitrogen and oxygen atoms in total. The zero-order valence-electron chi connectivity index (χ0n) is 8.01. The molecule has 0 fully saturated rings. The van der Waals surface area contributed by atoms with Crippen LogP contribution in [0.2, 0.25) is 0 Å². The minimum Gasteiger partial charge on any atom is -0.508 e. The molecule has 0 aliphatic rings. The summed E-state index contributed by atoms with van der Waals surface area (Å²) in [7, 11) is 0. The Kier molecular flexibility index (Phi) is 2.56. The summed E-state index contributed by atoms with van der Waals surface area (Å²) in [5.41, 5.74) is 2.35. The van der Waals surface area contributed by atoms with Gasteiger partial charge in [0.05, 0.1) is 5.69 Å². The van der Waals surface area contributed by atoms with E-state index < -0.39 is 0 Å². The molecule has 0 saturated carbocycles. The molecule has 0 atom stereocenters. The van der Waals surface area contributed by atoms with Crippen LogP contribution in [0.4, 0.5) is 5.69 Å². The second-order valence-corrected chi connectivity index (χ2v) is 3.08. The Bertz CT molecular complexity index is 345. The number of anilines is 1. The number of carbonyl (C=O) groups excluding carboxylic acids is 1. The van der Waals surface area contributed by atoms with Crippen molar-refractivity contribution in [3.63, 3.8) is 0 Å². The molecule has 0 unspecified atom stereocenters. The van der Waals surface area contributed by atoms with Crippen LogP contribution in [-0.4, -0.2) is 11.0 Å². The van der Waals surface area contributed by atoms with Crippen molar-refractivity contribution in [1.29, 1.82) is 0 Å². The molecule has 0 heterocycles. The van der Waals surface area contributed by atoms with Crippen LogP contribution >= 0.6 is 0 Å². The SMILES string of the molecule is CC(=O)Nc1c(C)ccc(O)c1C. The number of aryl methyl sites for hydroxylation is 1. The summed E-state index contributed by atoms with van der Waals surface area (Å²) in [5.74, 6) is 0.0751. The van der Waals surface area contributed by atoms with Crippen LogP contribution in [0.15, 0.2) is 12.1 Å². The Morgan fingerprint density at radius 2 is 2.00 bits per heavy atom. The maximum atomic E-state index is 10.8. The van der Waals surface area contributed by atoms with Gasteiger partial charge in [0.25, 0.3) is 0 Å². The largest absolute Gasteiger partial charge is 0.508 e. The van der Waals surface area contributed by atoms with Gasteiger partial charge in [0.2, 0.25) is 5.91 Å². The molecule has 3 heteroatoms. The maximum absolute atomic E-state index is 10.8. The van der Waals surface area contributed by atoms with Crippen LogP contribution in [0.5, 0.6) is 5.75 Å². The summed E-state index contributed by atoms with van der Waals surface area (Å²) in [4.78, 5) is 10.8. The molecule has 1 rings (SSSR count). The zero-order chi connectivity index (χ0) is 10.0. The van der Waals surface area contributed by atoms with Gasteiger partial charge in [-0.15, -0.1) is 0 Å². The van der Waals surface area contributed by atoms with Crippen LogP contribution in [-0.2, 0) is 4.79 Å². The van der Waals surface area contributed by atoms with Crippen LogP contribution in [0.1, 0.15) is 18.1 Å². The predicted molar refractivity (Wildman–Crippen MR) is 51.9 cm³/mol. The van der Waals surface area contributed by atoms with Gasteiger partial charge in [-0.2, -0.15) is 0 Å². The van der Waals surface area contributed by atoms with Crippen molar-refractivity contribution in [2.24, 2.45) is 0 Å². The molecule has 0 bridgehead atoms. The average Bonchev–Trinajstić information content (AvgIpc) is 2.05. The summed E-state index contributed by atoms with van der Waals surface area (Å²) in [6.07, 6.45) is 0. The standard InChI is InChI=1S/C10H13NO2/c1-6-4-5-9(13)7(2)10(6)11-8(3)12/h4-5,13H,1-3H3,(H,11,12). The lowest BCUT2D eigenvalue weighted by Crippen LogP contribution is -2.08. The fourth-order valence-corrected chi connectivity index (χ4v) is 1.20. The number of nitrogens with one attached hydrogen (secondary N) is 1. The monoisotopic (exact) mass is 179 g/mol. The van der Waals surface area contributed by atoms with E-state index in [0.29, 0.717) is 11.3 Å². The Labute approximate surface area is 77.4 Å². The van der Waals surface area contributed by atoms with E-state index in [2.05, 4.69) is 5.32 Å². The van der Waals surface area contributed by atoms with E-state index >= 15 is 0 Å². The van der Waals surface area contributed by atoms with Crippen LogP contribution < -0.4 is 5.32 Å². The zero-order valence-corrected chi connectivity index (χ0v) is 8.01. The molecule has 1 aromatic rings. The maximum Gasteiger partial charge on any atom is 0.221 e. The van der Waals surface area contributed by atoms with Gasteiger partial charge in [-0.3, -0.25) is 4.79 Å². The third kappa shape index (κ3) is 1.99. The molecule has 1 aromatic carbocycles. The summed E-state index contributed by atoms with van der Waals surface area (Å²) in [5, 5.41) is 12.1. The molecule has 0 radical (unpaired) electrons. The molecule has 2 N–H and O–H groups in total. The fourth-order valence-electron chi connectivity index (χ4n) is 1.20. The van der Waals surface area contributed by atoms with Gasteiger partial charge >= 0.3 is 0 Å². The first-order valence-electron chi connectivity index (χ1n) is 4.09. The van der Waals surface area contributed by atoms with E-state index in [9.17, 15) is 9.90 Å². The molecule has 0 saturated heterocycles. The lowest BCUT2D eigenvalue weighted by molar-refractivity contribution is -0.114. The van der Waals surface area contributed by atoms with Gasteiger partial charge in [-0.1, -0.05) is 6.07 Å². The number of amides is 1. The first-order chi connectivity index (χ1) is 6.02. The summed E-state index contributed by atoms with van der Waals surface area (Å²) >= 11 is 0. The quantitative estimate of drug-likeness (QED) is 0.692. The molecule has 13 heavy (non-hydrogen) atoms. The number of aromatic hydroxyl groups is 1. The highest BCUT2D eigenvalue weighted by Gasteiger charge is 2.07. The van der Waals surface area contributed by atoms with Crippen molar-refractivity contribution >= 4 is 11.6 Å². The van der Waals surface area contributed by atoms with Crippen molar-refractivity contribution in [2.75, 3.05) is 5.32 Å². The number of carbonyl (C=O) groups is 1. The van der Waals surface area contributed by atoms with Crippen molar-refractivity contribution in [3.8, 4) is 5.75 Å². The summed E-state index contributed by atoms with van der Waals surface area (Å²) in [6.45, 7) is 5.11. The van der Waals surface area contributed by atoms with E-state index in [1.54, 1.807) is 19.1 Å². The van der Waals surface area contributed by atoms with Gasteiger partial charge in [0, 0.05) is 12.5 Å². The normalized spacial score (nSPS) is 9.77. The van der Waals surface area contributed by atoms with E-state index in [4.69, 9.17) is 0 Å². The molecule has 0 spiro atoms. The Morgan fingerprint density at radius 3 is 2.54 bits per heavy atom. The topological polar surface area (TPSA) is 49.3 Å². The van der Waals surface area contributed by atoms with Gasteiger partial charge in [-0.05, 0) is 25.5 Å². The van der Waals surface area contributed by atoms with E-state index in [-0.39, 0.29) is 11.7 Å². The van der Waals surface area contributed by atoms with Gasteiger partial charge in [0.15, 0.2) is 0 Å². The Morgan fingerprint density at radius 1 is 1.38 bits per heavy atom. The number of phenols is 1. The van der Waals surface area contributed by atoms with Gasteiger partial charge in [0.1, 0.15) is 5.75 Å². The molecule has 0 aromatic heterocycles. The first kappa shape index (κ1) is 9.58. The second-order valence-electron chi connectivity index (χ2n) is 3.08. The molecule has 1 amide bonds. The third-order valence-corrected chi connectivity index (χ3v) is 1.95. The fraction of sp³-hybridized carbons (Fsp3) is 0.300. The third-order valence-electron chi connectivity index (χ3n) is 1.95. The molecule has 0 aliphatic carbocycles. The van der Waals surface area contributed by atoms with E-state index in [0.717, 1.165) is 5.56 Å². The van der Waals surface area contributed by atoms with Crippen LogP contribution in [0, 0.1) is 13.8 Å². The highest BCUT2D eigenvalue weighted by atomic mass is 16.3. The number of phenolic OH excluding ortho intramolecular Hbond substituents is 1.